The Kier molecular flexibility index (Phi) is 1.13. The van der Waals surface area contributed by atoms with Gasteiger partial charge in [-0.25, -0.2) is 8.78 Å². The first kappa shape index (κ1) is 7.28. The molecule has 2 unspecified atom stereocenters. The standard InChI is InChI=1S/C10H13F2/c11-9-2-7-1-8(4-9)5-10(12,3-7)6-9/h7H,1-6H2. The summed E-state index contributed by atoms with van der Waals surface area (Å²) in [5.41, 5.74) is -2.30. The number of hydrogen-bond donors (Lipinski definition) is 0. The molecular weight excluding hydrogens is 158 g/mol. The van der Waals surface area contributed by atoms with Crippen LogP contribution in [-0.2, 0) is 0 Å². The second-order valence-corrected chi connectivity index (χ2v) is 5.06. The lowest BCUT2D eigenvalue weighted by molar-refractivity contribution is -0.0912. The van der Waals surface area contributed by atoms with Gasteiger partial charge >= 0.3 is 0 Å². The van der Waals surface area contributed by atoms with E-state index in [2.05, 4.69) is 0 Å². The van der Waals surface area contributed by atoms with Crippen LogP contribution in [0.4, 0.5) is 8.78 Å². The Morgan fingerprint density at radius 1 is 1.08 bits per heavy atom. The topological polar surface area (TPSA) is 0 Å². The molecule has 0 aliphatic heterocycles. The van der Waals surface area contributed by atoms with Crippen LogP contribution in [0.2, 0.25) is 0 Å². The highest BCUT2D eigenvalue weighted by atomic mass is 19.2. The summed E-state index contributed by atoms with van der Waals surface area (Å²) in [4.78, 5) is 0. The van der Waals surface area contributed by atoms with Crippen LogP contribution in [0.3, 0.4) is 0 Å². The Morgan fingerprint density at radius 3 is 2.08 bits per heavy atom. The maximum absolute atomic E-state index is 13.9. The zero-order chi connectivity index (χ0) is 8.40. The van der Waals surface area contributed by atoms with Gasteiger partial charge in [-0.3, -0.25) is 0 Å². The summed E-state index contributed by atoms with van der Waals surface area (Å²) in [6.07, 6.45) is 3.58. The first-order valence-electron chi connectivity index (χ1n) is 4.78. The monoisotopic (exact) mass is 171 g/mol. The van der Waals surface area contributed by atoms with Crippen molar-refractivity contribution in [2.45, 2.75) is 49.9 Å². The minimum Gasteiger partial charge on any atom is -0.244 e. The third-order valence-electron chi connectivity index (χ3n) is 3.65. The molecule has 67 valence electrons. The van der Waals surface area contributed by atoms with Crippen molar-refractivity contribution in [3.8, 4) is 0 Å². The van der Waals surface area contributed by atoms with Crippen LogP contribution in [0.5, 0.6) is 0 Å². The normalized spacial score (nSPS) is 58.0. The molecule has 0 nitrogen and oxygen atoms in total. The highest BCUT2D eigenvalue weighted by Gasteiger charge is 2.59. The van der Waals surface area contributed by atoms with Gasteiger partial charge in [-0.05, 0) is 43.9 Å². The van der Waals surface area contributed by atoms with E-state index in [1.165, 1.54) is 0 Å². The summed E-state index contributed by atoms with van der Waals surface area (Å²) in [7, 11) is 0. The van der Waals surface area contributed by atoms with Gasteiger partial charge in [0.15, 0.2) is 0 Å². The van der Waals surface area contributed by atoms with Crippen molar-refractivity contribution < 1.29 is 8.78 Å². The molecule has 1 radical (unpaired) electrons. The van der Waals surface area contributed by atoms with E-state index < -0.39 is 11.3 Å². The lowest BCUT2D eigenvalue weighted by Crippen LogP contribution is -2.54. The molecule has 0 aromatic rings. The molecular formula is C10H13F2. The number of rotatable bonds is 0. The lowest BCUT2D eigenvalue weighted by Gasteiger charge is -2.55. The van der Waals surface area contributed by atoms with E-state index in [1.54, 1.807) is 0 Å². The molecule has 0 heterocycles. The van der Waals surface area contributed by atoms with Crippen molar-refractivity contribution in [1.29, 1.82) is 0 Å². The van der Waals surface area contributed by atoms with E-state index in [1.807, 2.05) is 0 Å². The van der Waals surface area contributed by atoms with E-state index in [9.17, 15) is 8.78 Å². The first-order chi connectivity index (χ1) is 5.57. The van der Waals surface area contributed by atoms with Crippen molar-refractivity contribution in [2.24, 2.45) is 5.92 Å². The van der Waals surface area contributed by atoms with Crippen molar-refractivity contribution in [3.63, 3.8) is 0 Å². The molecule has 0 spiro atoms. The summed E-state index contributed by atoms with van der Waals surface area (Å²) >= 11 is 0. The Labute approximate surface area is 71.3 Å². The smallest absolute Gasteiger partial charge is 0.115 e. The predicted octanol–water partition coefficient (Wildman–Crippen LogP) is 2.98. The molecule has 4 bridgehead atoms. The van der Waals surface area contributed by atoms with Crippen LogP contribution in [0, 0.1) is 11.8 Å². The van der Waals surface area contributed by atoms with E-state index in [4.69, 9.17) is 0 Å². The highest BCUT2D eigenvalue weighted by Crippen LogP contribution is 2.61. The van der Waals surface area contributed by atoms with Crippen molar-refractivity contribution in [3.05, 3.63) is 5.92 Å². The minimum atomic E-state index is -1.15. The maximum atomic E-state index is 13.9. The average Bonchev–Trinajstić information content (AvgIpc) is 1.75. The Balaban J connectivity index is 1.98. The molecule has 0 aromatic carbocycles. The minimum absolute atomic E-state index is 0.181. The van der Waals surface area contributed by atoms with Gasteiger partial charge < -0.3 is 0 Å². The maximum Gasteiger partial charge on any atom is 0.115 e. The van der Waals surface area contributed by atoms with Crippen molar-refractivity contribution in [1.82, 2.24) is 0 Å². The second kappa shape index (κ2) is 1.85. The van der Waals surface area contributed by atoms with Crippen LogP contribution in [-0.4, -0.2) is 11.3 Å². The van der Waals surface area contributed by atoms with Crippen LogP contribution in [0.15, 0.2) is 0 Å². The number of halogens is 2. The van der Waals surface area contributed by atoms with Crippen LogP contribution >= 0.6 is 0 Å². The summed E-state index contributed by atoms with van der Waals surface area (Å²) in [6.45, 7) is 0. The van der Waals surface area contributed by atoms with Gasteiger partial charge in [0.1, 0.15) is 11.3 Å². The molecule has 4 aliphatic rings. The zero-order valence-corrected chi connectivity index (χ0v) is 7.08. The van der Waals surface area contributed by atoms with Gasteiger partial charge in [0.2, 0.25) is 0 Å². The molecule has 0 amide bonds. The SMILES string of the molecule is FC12C[C]3CC(C1)CC(F)(C3)C2. The second-order valence-electron chi connectivity index (χ2n) is 5.06. The third kappa shape index (κ3) is 0.868. The Morgan fingerprint density at radius 2 is 1.67 bits per heavy atom. The third-order valence-corrected chi connectivity index (χ3v) is 3.65. The Hall–Kier alpha value is -0.140. The zero-order valence-electron chi connectivity index (χ0n) is 7.08. The van der Waals surface area contributed by atoms with E-state index >= 15 is 0 Å². The molecule has 4 saturated carbocycles. The first-order valence-corrected chi connectivity index (χ1v) is 4.78. The molecule has 2 atom stereocenters. The van der Waals surface area contributed by atoms with E-state index in [-0.39, 0.29) is 6.42 Å². The molecule has 4 aliphatic carbocycles. The number of hydrogen-bond acceptors (Lipinski definition) is 0. The van der Waals surface area contributed by atoms with Crippen molar-refractivity contribution >= 4 is 0 Å². The Bertz CT molecular complexity index is 190. The highest BCUT2D eigenvalue weighted by molar-refractivity contribution is 5.20. The van der Waals surface area contributed by atoms with Crippen LogP contribution in [0.25, 0.3) is 0 Å². The largest absolute Gasteiger partial charge is 0.244 e. The van der Waals surface area contributed by atoms with Crippen LogP contribution < -0.4 is 0 Å². The van der Waals surface area contributed by atoms with E-state index in [0.717, 1.165) is 12.3 Å². The van der Waals surface area contributed by atoms with Gasteiger partial charge in [-0.1, -0.05) is 0 Å². The molecule has 0 aromatic heterocycles. The summed E-state index contributed by atoms with van der Waals surface area (Å²) in [5.74, 6) is 1.49. The van der Waals surface area contributed by atoms with Gasteiger partial charge in [0.25, 0.3) is 0 Å². The molecule has 0 saturated heterocycles. The molecule has 12 heavy (non-hydrogen) atoms. The van der Waals surface area contributed by atoms with Gasteiger partial charge in [-0.15, -0.1) is 0 Å². The fraction of sp³-hybridized carbons (Fsp3) is 0.900. The van der Waals surface area contributed by atoms with Crippen molar-refractivity contribution in [2.75, 3.05) is 0 Å². The average molecular weight is 171 g/mol. The molecule has 2 heteroatoms. The predicted molar refractivity (Wildman–Crippen MR) is 42.1 cm³/mol. The van der Waals surface area contributed by atoms with Gasteiger partial charge in [0.05, 0.1) is 0 Å². The van der Waals surface area contributed by atoms with Gasteiger partial charge in [0, 0.05) is 6.42 Å². The summed E-state index contributed by atoms with van der Waals surface area (Å²) in [6, 6.07) is 0. The summed E-state index contributed by atoms with van der Waals surface area (Å²) < 4.78 is 27.7. The van der Waals surface area contributed by atoms with E-state index in [0.29, 0.717) is 31.6 Å². The number of alkyl halides is 2. The van der Waals surface area contributed by atoms with Gasteiger partial charge in [-0.2, -0.15) is 0 Å². The fourth-order valence-electron chi connectivity index (χ4n) is 3.74. The van der Waals surface area contributed by atoms with Crippen LogP contribution in [0.1, 0.15) is 38.5 Å². The quantitative estimate of drug-likeness (QED) is 0.525. The molecule has 4 fully saturated rings. The fourth-order valence-corrected chi connectivity index (χ4v) is 3.74. The molecule has 0 N–H and O–H groups in total. The lowest BCUT2D eigenvalue weighted by atomic mass is 9.54. The summed E-state index contributed by atoms with van der Waals surface area (Å²) in [5, 5.41) is 0. The molecule has 4 rings (SSSR count).